The van der Waals surface area contributed by atoms with Gasteiger partial charge in [-0.15, -0.1) is 6.42 Å². The minimum Gasteiger partial charge on any atom is -0.298 e. The van der Waals surface area contributed by atoms with E-state index >= 15 is 0 Å². The number of terminal acetylenes is 1. The molecule has 0 saturated heterocycles. The Kier molecular flexibility index (Phi) is 6.24. The van der Waals surface area contributed by atoms with Crippen LogP contribution >= 0.6 is 0 Å². The SMILES string of the molecule is C#CC1(CC(=O)[C@H](CC(F)(F)CC2CC2)N[C@@H](c2ccc(F)cc2)C(F)(F)F)CC1. The van der Waals surface area contributed by atoms with E-state index in [1.165, 1.54) is 0 Å². The third-order valence-corrected chi connectivity index (χ3v) is 5.75. The number of Topliss-reactive ketones (excluding diaryl/α,β-unsaturated/α-hetero) is 1. The monoisotopic (exact) mass is 431 g/mol. The maximum Gasteiger partial charge on any atom is 0.407 e. The number of ketones is 1. The number of hydrogen-bond donors (Lipinski definition) is 1. The number of carbonyl (C=O) groups excluding carboxylic acids is 1. The van der Waals surface area contributed by atoms with E-state index in [2.05, 4.69) is 11.2 Å². The van der Waals surface area contributed by atoms with Gasteiger partial charge < -0.3 is 0 Å². The fraction of sp³-hybridized carbons (Fsp3) is 0.591. The quantitative estimate of drug-likeness (QED) is 0.387. The summed E-state index contributed by atoms with van der Waals surface area (Å²) in [5.41, 5.74) is -1.10. The normalized spacial score (nSPS) is 20.3. The number of nitrogens with one attached hydrogen (secondary N) is 1. The summed E-state index contributed by atoms with van der Waals surface area (Å²) in [4.78, 5) is 12.8. The van der Waals surface area contributed by atoms with Gasteiger partial charge in [-0.2, -0.15) is 13.2 Å². The Balaban J connectivity index is 1.83. The zero-order valence-corrected chi connectivity index (χ0v) is 16.2. The van der Waals surface area contributed by atoms with Crippen LogP contribution in [0, 0.1) is 29.5 Å². The first-order valence-corrected chi connectivity index (χ1v) is 9.90. The van der Waals surface area contributed by atoms with E-state index in [0.717, 1.165) is 24.3 Å². The fourth-order valence-electron chi connectivity index (χ4n) is 3.61. The van der Waals surface area contributed by atoms with Crippen molar-refractivity contribution in [1.82, 2.24) is 5.32 Å². The second-order valence-electron chi connectivity index (χ2n) is 8.52. The van der Waals surface area contributed by atoms with Crippen LogP contribution in [0.3, 0.4) is 0 Å². The summed E-state index contributed by atoms with van der Waals surface area (Å²) in [5, 5.41) is 2.11. The molecule has 1 aromatic rings. The van der Waals surface area contributed by atoms with Crippen LogP contribution in [-0.2, 0) is 4.79 Å². The zero-order chi connectivity index (χ0) is 22.2. The number of benzene rings is 1. The van der Waals surface area contributed by atoms with Crippen molar-refractivity contribution in [2.45, 2.75) is 69.1 Å². The highest BCUT2D eigenvalue weighted by molar-refractivity contribution is 5.85. The highest BCUT2D eigenvalue weighted by atomic mass is 19.4. The molecule has 3 rings (SSSR count). The fourth-order valence-corrected chi connectivity index (χ4v) is 3.61. The van der Waals surface area contributed by atoms with Crippen molar-refractivity contribution >= 4 is 5.78 Å². The second kappa shape index (κ2) is 8.26. The molecule has 0 aromatic heterocycles. The predicted octanol–water partition coefficient (Wildman–Crippen LogP) is 5.59. The summed E-state index contributed by atoms with van der Waals surface area (Å²) < 4.78 is 83.3. The van der Waals surface area contributed by atoms with Gasteiger partial charge in [0.05, 0.1) is 6.04 Å². The van der Waals surface area contributed by atoms with Gasteiger partial charge in [0, 0.05) is 24.7 Å². The lowest BCUT2D eigenvalue weighted by Crippen LogP contribution is -2.47. The summed E-state index contributed by atoms with van der Waals surface area (Å²) in [6, 6.07) is -0.550. The molecule has 0 radical (unpaired) electrons. The lowest BCUT2D eigenvalue weighted by Gasteiger charge is -2.30. The number of halogens is 6. The van der Waals surface area contributed by atoms with E-state index < -0.39 is 54.0 Å². The molecule has 0 aliphatic heterocycles. The molecule has 0 heterocycles. The molecule has 8 heteroatoms. The summed E-state index contributed by atoms with van der Waals surface area (Å²) in [5.74, 6) is -2.45. The first-order chi connectivity index (χ1) is 13.9. The minimum absolute atomic E-state index is 0.160. The molecule has 2 aliphatic carbocycles. The molecular formula is C22H23F6NO. The van der Waals surface area contributed by atoms with Gasteiger partial charge in [0.25, 0.3) is 0 Å². The molecule has 0 spiro atoms. The van der Waals surface area contributed by atoms with E-state index in [-0.39, 0.29) is 17.9 Å². The molecule has 2 aliphatic rings. The molecule has 164 valence electrons. The molecule has 0 bridgehead atoms. The van der Waals surface area contributed by atoms with Gasteiger partial charge in [0.2, 0.25) is 5.92 Å². The van der Waals surface area contributed by atoms with Gasteiger partial charge in [-0.3, -0.25) is 10.1 Å². The number of hydrogen-bond acceptors (Lipinski definition) is 2. The van der Waals surface area contributed by atoms with Crippen LogP contribution in [0.2, 0.25) is 0 Å². The molecule has 2 saturated carbocycles. The van der Waals surface area contributed by atoms with E-state index in [1.54, 1.807) is 0 Å². The smallest absolute Gasteiger partial charge is 0.298 e. The van der Waals surface area contributed by atoms with Crippen LogP contribution in [0.4, 0.5) is 26.3 Å². The van der Waals surface area contributed by atoms with Gasteiger partial charge in [-0.1, -0.05) is 18.1 Å². The highest BCUT2D eigenvalue weighted by Gasteiger charge is 2.49. The Morgan fingerprint density at radius 2 is 1.77 bits per heavy atom. The van der Waals surface area contributed by atoms with E-state index in [1.807, 2.05) is 0 Å². The first-order valence-electron chi connectivity index (χ1n) is 9.90. The standard InChI is InChI=1S/C22H23F6NO/c1-2-20(9-10-20)13-18(30)17(12-21(24,25)11-14-3-4-14)29-19(22(26,27)28)15-5-7-16(23)8-6-15/h1,5-8,14,17,19,29H,3-4,9-13H2/t17-,19-/m0/s1. The number of carbonyl (C=O) groups is 1. The topological polar surface area (TPSA) is 29.1 Å². The molecule has 2 atom stereocenters. The number of rotatable bonds is 10. The zero-order valence-electron chi connectivity index (χ0n) is 16.2. The first kappa shape index (κ1) is 22.7. The lowest BCUT2D eigenvalue weighted by atomic mass is 9.91. The van der Waals surface area contributed by atoms with Gasteiger partial charge in [0.1, 0.15) is 11.9 Å². The van der Waals surface area contributed by atoms with Crippen LogP contribution in [0.1, 0.15) is 56.6 Å². The summed E-state index contributed by atoms with van der Waals surface area (Å²) >= 11 is 0. The maximum absolute atomic E-state index is 14.5. The molecule has 1 aromatic carbocycles. The van der Waals surface area contributed by atoms with E-state index in [4.69, 9.17) is 6.42 Å². The van der Waals surface area contributed by atoms with E-state index in [0.29, 0.717) is 25.7 Å². The van der Waals surface area contributed by atoms with Gasteiger partial charge >= 0.3 is 6.18 Å². The average molecular weight is 431 g/mol. The summed E-state index contributed by atoms with van der Waals surface area (Å²) in [6.45, 7) is 0. The van der Waals surface area contributed by atoms with Crippen LogP contribution in [0.5, 0.6) is 0 Å². The van der Waals surface area contributed by atoms with Crippen LogP contribution < -0.4 is 5.32 Å². The van der Waals surface area contributed by atoms with E-state index in [9.17, 15) is 31.1 Å². The van der Waals surface area contributed by atoms with Crippen molar-refractivity contribution in [3.05, 3.63) is 35.6 Å². The van der Waals surface area contributed by atoms with Crippen molar-refractivity contribution in [1.29, 1.82) is 0 Å². The molecule has 0 unspecified atom stereocenters. The highest BCUT2D eigenvalue weighted by Crippen LogP contribution is 2.49. The minimum atomic E-state index is -4.87. The Morgan fingerprint density at radius 1 is 1.17 bits per heavy atom. The Hall–Kier alpha value is -2.01. The van der Waals surface area contributed by atoms with Crippen molar-refractivity contribution in [3.8, 4) is 12.3 Å². The second-order valence-corrected chi connectivity index (χ2v) is 8.52. The number of alkyl halides is 5. The van der Waals surface area contributed by atoms with Crippen LogP contribution in [0.15, 0.2) is 24.3 Å². The molecule has 2 nitrogen and oxygen atoms in total. The molecule has 2 fully saturated rings. The van der Waals surface area contributed by atoms with Gasteiger partial charge in [0.15, 0.2) is 5.78 Å². The van der Waals surface area contributed by atoms with Gasteiger partial charge in [-0.05, 0) is 49.3 Å². The summed E-state index contributed by atoms with van der Waals surface area (Å²) in [7, 11) is 0. The molecule has 0 amide bonds. The van der Waals surface area contributed by atoms with Crippen molar-refractivity contribution in [3.63, 3.8) is 0 Å². The maximum atomic E-state index is 14.5. The van der Waals surface area contributed by atoms with Crippen molar-refractivity contribution in [2.24, 2.45) is 11.3 Å². The third-order valence-electron chi connectivity index (χ3n) is 5.75. The van der Waals surface area contributed by atoms with Crippen LogP contribution in [0.25, 0.3) is 0 Å². The average Bonchev–Trinajstić information content (AvgIpc) is 3.56. The molecule has 1 N–H and O–H groups in total. The van der Waals surface area contributed by atoms with Crippen molar-refractivity contribution in [2.75, 3.05) is 0 Å². The third kappa shape index (κ3) is 6.00. The Morgan fingerprint density at radius 3 is 2.23 bits per heavy atom. The van der Waals surface area contributed by atoms with Crippen LogP contribution in [-0.4, -0.2) is 23.9 Å². The molecule has 30 heavy (non-hydrogen) atoms. The Labute approximate surface area is 171 Å². The summed E-state index contributed by atoms with van der Waals surface area (Å²) in [6.07, 6.45) is 1.21. The van der Waals surface area contributed by atoms with Crippen molar-refractivity contribution < 1.29 is 31.1 Å². The molecular weight excluding hydrogens is 408 g/mol. The largest absolute Gasteiger partial charge is 0.407 e. The van der Waals surface area contributed by atoms with Gasteiger partial charge in [-0.25, -0.2) is 13.2 Å². The predicted molar refractivity (Wildman–Crippen MR) is 99.1 cm³/mol. The lowest BCUT2D eigenvalue weighted by molar-refractivity contribution is -0.163. The Bertz CT molecular complexity index is 802.